The Morgan fingerprint density at radius 1 is 1.29 bits per heavy atom. The van der Waals surface area contributed by atoms with Gasteiger partial charge in [-0.1, -0.05) is 37.6 Å². The highest BCUT2D eigenvalue weighted by Crippen LogP contribution is 2.18. The Morgan fingerprint density at radius 3 is 2.57 bits per heavy atom. The smallest absolute Gasteiger partial charge is 0.239 e. The summed E-state index contributed by atoms with van der Waals surface area (Å²) in [7, 11) is 0. The summed E-state index contributed by atoms with van der Waals surface area (Å²) in [4.78, 5) is 12.3. The van der Waals surface area contributed by atoms with Gasteiger partial charge in [0.05, 0.1) is 6.04 Å². The molecule has 0 bridgehead atoms. The molecule has 0 spiro atoms. The Balaban J connectivity index is 1.85. The van der Waals surface area contributed by atoms with Crippen molar-refractivity contribution in [3.05, 3.63) is 34.9 Å². The summed E-state index contributed by atoms with van der Waals surface area (Å²) in [6.07, 6.45) is 1.90. The van der Waals surface area contributed by atoms with E-state index in [1.165, 1.54) is 0 Å². The van der Waals surface area contributed by atoms with Crippen molar-refractivity contribution in [3.63, 3.8) is 0 Å². The zero-order chi connectivity index (χ0) is 15.4. The maximum atomic E-state index is 12.3. The Bertz CT molecular complexity index is 475. The molecule has 1 fully saturated rings. The molecule has 1 amide bonds. The fraction of sp³-hybridized carbons (Fsp3) is 0.562. The first-order chi connectivity index (χ1) is 9.95. The Morgan fingerprint density at radius 2 is 1.95 bits per heavy atom. The maximum absolute atomic E-state index is 12.3. The largest absolute Gasteiger partial charge is 0.348 e. The minimum Gasteiger partial charge on any atom is -0.348 e. The molecule has 0 radical (unpaired) electrons. The predicted octanol–water partition coefficient (Wildman–Crippen LogP) is 2.80. The van der Waals surface area contributed by atoms with Gasteiger partial charge in [-0.15, -0.1) is 0 Å². The summed E-state index contributed by atoms with van der Waals surface area (Å²) in [6.45, 7) is 6.37. The van der Waals surface area contributed by atoms with Gasteiger partial charge in [0, 0.05) is 11.1 Å². The van der Waals surface area contributed by atoms with Crippen LogP contribution >= 0.6 is 11.6 Å². The van der Waals surface area contributed by atoms with Crippen molar-refractivity contribution in [1.82, 2.24) is 16.2 Å². The molecule has 1 aromatic rings. The van der Waals surface area contributed by atoms with E-state index >= 15 is 0 Å². The van der Waals surface area contributed by atoms with Gasteiger partial charge in [0.15, 0.2) is 0 Å². The molecule has 1 aliphatic rings. The second-order valence-electron chi connectivity index (χ2n) is 6.19. The number of amides is 1. The highest BCUT2D eigenvalue weighted by Gasteiger charge is 2.30. The van der Waals surface area contributed by atoms with Crippen LogP contribution in [0, 0.1) is 5.92 Å². The van der Waals surface area contributed by atoms with Crippen LogP contribution in [0.5, 0.6) is 0 Å². The average molecular weight is 310 g/mol. The summed E-state index contributed by atoms with van der Waals surface area (Å²) in [5.74, 6) is 0.662. The quantitative estimate of drug-likeness (QED) is 0.784. The lowest BCUT2D eigenvalue weighted by Crippen LogP contribution is -2.44. The van der Waals surface area contributed by atoms with Crippen molar-refractivity contribution < 1.29 is 4.79 Å². The molecule has 2 rings (SSSR count). The molecule has 1 heterocycles. The molecule has 116 valence electrons. The number of hydrazine groups is 1. The summed E-state index contributed by atoms with van der Waals surface area (Å²) < 4.78 is 0. The molecule has 4 nitrogen and oxygen atoms in total. The predicted molar refractivity (Wildman–Crippen MR) is 85.9 cm³/mol. The molecule has 3 unspecified atom stereocenters. The molecule has 3 N–H and O–H groups in total. The van der Waals surface area contributed by atoms with E-state index in [4.69, 9.17) is 11.6 Å². The number of hydrogen-bond donors (Lipinski definition) is 3. The molecule has 0 saturated carbocycles. The fourth-order valence-electron chi connectivity index (χ4n) is 2.67. The molecule has 21 heavy (non-hydrogen) atoms. The number of carbonyl (C=O) groups excluding carboxylic acids is 1. The van der Waals surface area contributed by atoms with Crippen molar-refractivity contribution in [2.45, 2.75) is 51.7 Å². The van der Waals surface area contributed by atoms with E-state index < -0.39 is 0 Å². The lowest BCUT2D eigenvalue weighted by molar-refractivity contribution is -0.123. The first-order valence-corrected chi connectivity index (χ1v) is 7.90. The molecular formula is C16H24ClN3O. The topological polar surface area (TPSA) is 53.2 Å². The summed E-state index contributed by atoms with van der Waals surface area (Å²) >= 11 is 5.88. The molecule has 3 atom stereocenters. The zero-order valence-electron chi connectivity index (χ0n) is 12.8. The van der Waals surface area contributed by atoms with Crippen LogP contribution in [0.3, 0.4) is 0 Å². The van der Waals surface area contributed by atoms with Gasteiger partial charge in [0.2, 0.25) is 5.91 Å². The van der Waals surface area contributed by atoms with E-state index in [0.29, 0.717) is 17.0 Å². The lowest BCUT2D eigenvalue weighted by atomic mass is 9.99. The number of hydrogen-bond acceptors (Lipinski definition) is 3. The molecule has 1 saturated heterocycles. The summed E-state index contributed by atoms with van der Waals surface area (Å²) in [5, 5.41) is 3.75. The minimum atomic E-state index is -0.163. The highest BCUT2D eigenvalue weighted by atomic mass is 35.5. The van der Waals surface area contributed by atoms with Gasteiger partial charge in [-0.2, -0.15) is 0 Å². The highest BCUT2D eigenvalue weighted by molar-refractivity contribution is 6.30. The molecule has 0 aliphatic carbocycles. The number of halogens is 1. The van der Waals surface area contributed by atoms with Crippen LogP contribution in [-0.2, 0) is 4.79 Å². The fourth-order valence-corrected chi connectivity index (χ4v) is 2.79. The van der Waals surface area contributed by atoms with Crippen LogP contribution in [0.1, 0.15) is 45.2 Å². The standard InChI is InChI=1S/C16H24ClN3O/c1-10(2)8-14-9-15(20-19-14)16(21)18-11(3)12-4-6-13(17)7-5-12/h4-7,10-11,14-15,19-20H,8-9H2,1-3H3,(H,18,21). The van der Waals surface area contributed by atoms with Gasteiger partial charge >= 0.3 is 0 Å². The Labute approximate surface area is 131 Å². The van der Waals surface area contributed by atoms with Crippen molar-refractivity contribution in [1.29, 1.82) is 0 Å². The van der Waals surface area contributed by atoms with Gasteiger partial charge in [-0.3, -0.25) is 10.2 Å². The van der Waals surface area contributed by atoms with Crippen LogP contribution < -0.4 is 16.2 Å². The summed E-state index contributed by atoms with van der Waals surface area (Å²) in [6, 6.07) is 7.74. The average Bonchev–Trinajstić information content (AvgIpc) is 2.87. The zero-order valence-corrected chi connectivity index (χ0v) is 13.6. The van der Waals surface area contributed by atoms with Gasteiger partial charge in [-0.05, 0) is 43.4 Å². The molecule has 1 aliphatic heterocycles. The van der Waals surface area contributed by atoms with E-state index in [-0.39, 0.29) is 18.0 Å². The third-order valence-corrected chi connectivity index (χ3v) is 4.04. The molecule has 5 heteroatoms. The monoisotopic (exact) mass is 309 g/mol. The van der Waals surface area contributed by atoms with Crippen molar-refractivity contribution in [2.24, 2.45) is 5.92 Å². The van der Waals surface area contributed by atoms with Gasteiger partial charge in [0.1, 0.15) is 6.04 Å². The molecule has 1 aromatic carbocycles. The van der Waals surface area contributed by atoms with E-state index in [0.717, 1.165) is 18.4 Å². The van der Waals surface area contributed by atoms with Crippen molar-refractivity contribution >= 4 is 17.5 Å². The third kappa shape index (κ3) is 4.70. The summed E-state index contributed by atoms with van der Waals surface area (Å²) in [5.41, 5.74) is 7.36. The normalized spacial score (nSPS) is 23.3. The first-order valence-electron chi connectivity index (χ1n) is 7.52. The molecular weight excluding hydrogens is 286 g/mol. The maximum Gasteiger partial charge on any atom is 0.239 e. The van der Waals surface area contributed by atoms with Crippen molar-refractivity contribution in [2.75, 3.05) is 0 Å². The second kappa shape index (κ2) is 7.25. The first kappa shape index (κ1) is 16.3. The van der Waals surface area contributed by atoms with Crippen LogP contribution in [0.2, 0.25) is 5.02 Å². The number of benzene rings is 1. The van der Waals surface area contributed by atoms with Crippen molar-refractivity contribution in [3.8, 4) is 0 Å². The second-order valence-corrected chi connectivity index (χ2v) is 6.62. The van der Waals surface area contributed by atoms with Crippen LogP contribution in [0.15, 0.2) is 24.3 Å². The van der Waals surface area contributed by atoms with Crippen LogP contribution in [0.4, 0.5) is 0 Å². The van der Waals surface area contributed by atoms with E-state index in [1.807, 2.05) is 31.2 Å². The third-order valence-electron chi connectivity index (χ3n) is 3.78. The Kier molecular flexibility index (Phi) is 5.62. The Hall–Kier alpha value is -1.10. The van der Waals surface area contributed by atoms with Gasteiger partial charge < -0.3 is 5.32 Å². The number of carbonyl (C=O) groups is 1. The van der Waals surface area contributed by atoms with Crippen LogP contribution in [0.25, 0.3) is 0 Å². The van der Waals surface area contributed by atoms with Crippen LogP contribution in [-0.4, -0.2) is 18.0 Å². The van der Waals surface area contributed by atoms with E-state index in [2.05, 4.69) is 30.0 Å². The van der Waals surface area contributed by atoms with E-state index in [1.54, 1.807) is 0 Å². The van der Waals surface area contributed by atoms with Gasteiger partial charge in [-0.25, -0.2) is 5.43 Å². The SMILES string of the molecule is CC(C)CC1CC(C(=O)NC(C)c2ccc(Cl)cc2)NN1. The molecule has 0 aromatic heterocycles. The number of nitrogens with one attached hydrogen (secondary N) is 3. The lowest BCUT2D eigenvalue weighted by Gasteiger charge is -2.17. The van der Waals surface area contributed by atoms with E-state index in [9.17, 15) is 4.79 Å². The number of rotatable bonds is 5. The van der Waals surface area contributed by atoms with Gasteiger partial charge in [0.25, 0.3) is 0 Å². The minimum absolute atomic E-state index is 0.0271.